The van der Waals surface area contributed by atoms with Crippen molar-refractivity contribution >= 4 is 6.20 Å². The molecule has 0 spiro atoms. The van der Waals surface area contributed by atoms with Crippen molar-refractivity contribution in [3.8, 4) is 0 Å². The Labute approximate surface area is 63.8 Å². The van der Waals surface area contributed by atoms with Crippen molar-refractivity contribution in [3.63, 3.8) is 0 Å². The predicted octanol–water partition coefficient (Wildman–Crippen LogP) is 1.47. The molecule has 9 heavy (non-hydrogen) atoms. The van der Waals surface area contributed by atoms with Gasteiger partial charge in [-0.05, 0) is 0 Å². The van der Waals surface area contributed by atoms with Crippen LogP contribution >= 0.6 is 0 Å². The molecule has 0 fully saturated rings. The van der Waals surface area contributed by atoms with Gasteiger partial charge in [-0.25, -0.2) is 0 Å². The van der Waals surface area contributed by atoms with E-state index in [1.54, 1.807) is 0 Å². The molecule has 0 N–H and O–H groups in total. The van der Waals surface area contributed by atoms with Crippen molar-refractivity contribution in [1.29, 1.82) is 0 Å². The molecule has 0 atom stereocenters. The maximum absolute atomic E-state index is 5.27. The van der Waals surface area contributed by atoms with Crippen LogP contribution < -0.4 is 0 Å². The first-order valence-electron chi connectivity index (χ1n) is 2.53. The van der Waals surface area contributed by atoms with Crippen molar-refractivity contribution in [3.05, 3.63) is 34.9 Å². The molecule has 0 bridgehead atoms. The molecule has 0 aliphatic carbocycles. The summed E-state index contributed by atoms with van der Waals surface area (Å²) >= 11 is 2.77. The van der Waals surface area contributed by atoms with Crippen LogP contribution in [0.5, 0.6) is 0 Å². The Hall–Kier alpha value is -0.487. The summed E-state index contributed by atoms with van der Waals surface area (Å²) < 4.78 is 2.84. The molecule has 1 rings (SSSR count). The van der Waals surface area contributed by atoms with Crippen LogP contribution in [0.4, 0.5) is 0 Å². The first-order chi connectivity index (χ1) is 4.34. The zero-order chi connectivity index (χ0) is 6.69. The second kappa shape index (κ2) is 2.88. The Balaban J connectivity index is 3.32. The van der Waals surface area contributed by atoms with Crippen LogP contribution in [-0.4, -0.2) is 4.57 Å². The molecule has 49 valence electrons. The van der Waals surface area contributed by atoms with Crippen molar-refractivity contribution in [2.24, 2.45) is 0 Å². The number of hydrogen-bond acceptors (Lipinski definition) is 0. The van der Waals surface area contributed by atoms with Gasteiger partial charge in [0.15, 0.2) is 0 Å². The van der Waals surface area contributed by atoms with Crippen LogP contribution in [0.15, 0.2) is 24.4 Å². The van der Waals surface area contributed by atoms with Gasteiger partial charge in [0.05, 0.1) is 0 Å². The van der Waals surface area contributed by atoms with Gasteiger partial charge in [0.25, 0.3) is 0 Å². The van der Waals surface area contributed by atoms with Gasteiger partial charge in [-0.2, -0.15) is 0 Å². The number of hydrogen-bond donors (Lipinski definition) is 0. The third-order valence-corrected chi connectivity index (χ3v) is 1.68. The summed E-state index contributed by atoms with van der Waals surface area (Å²) in [6, 6.07) is 5.83. The Bertz CT molecular complexity index is 262. The molecular formula is C7H6NRh-. The normalized spacial score (nSPS) is 9.00. The zero-order valence-corrected chi connectivity index (χ0v) is 6.38. The number of nitrogens with zero attached hydrogens (tertiary/aromatic N) is 1. The summed E-state index contributed by atoms with van der Waals surface area (Å²) in [5, 5.41) is 0. The number of aromatic nitrogens is 1. The van der Waals surface area contributed by atoms with E-state index in [0.29, 0.717) is 0 Å². The molecule has 1 aromatic rings. The molecule has 0 aliphatic rings. The molecule has 1 heterocycles. The zero-order valence-electron chi connectivity index (χ0n) is 4.74. The molecule has 0 aliphatic heterocycles. The third kappa shape index (κ3) is 1.46. The summed E-state index contributed by atoms with van der Waals surface area (Å²) in [6.07, 6.45) is 3.39. The van der Waals surface area contributed by atoms with Crippen molar-refractivity contribution in [2.75, 3.05) is 0 Å². The van der Waals surface area contributed by atoms with Crippen LogP contribution in [0, 0.1) is 10.5 Å². The topological polar surface area (TPSA) is 4.93 Å². The Morgan fingerprint density at radius 3 is 2.78 bits per heavy atom. The van der Waals surface area contributed by atoms with E-state index in [9.17, 15) is 0 Å². The van der Waals surface area contributed by atoms with Gasteiger partial charge in [-0.15, -0.1) is 0 Å². The number of pyridine rings is 1. The van der Waals surface area contributed by atoms with E-state index in [0.717, 1.165) is 3.88 Å². The Morgan fingerprint density at radius 2 is 2.33 bits per heavy atom. The van der Waals surface area contributed by atoms with Crippen LogP contribution in [0.2, 0.25) is 0 Å². The van der Waals surface area contributed by atoms with Crippen LogP contribution in [0.3, 0.4) is 0 Å². The second-order valence-corrected chi connectivity index (χ2v) is 2.40. The average Bonchev–Trinajstić information content (AvgIpc) is 1.89. The van der Waals surface area contributed by atoms with Crippen molar-refractivity contribution in [2.45, 2.75) is 0 Å². The van der Waals surface area contributed by atoms with E-state index in [1.165, 1.54) is 6.20 Å². The van der Waals surface area contributed by atoms with E-state index < -0.39 is 0 Å². The SMILES string of the molecule is [CH-]=Cn1cccc[c]1=[Rh]. The standard InChI is InChI=1S/C7H6N.Rh/c1-2-8-6-4-3-5-7-8;/h1-6H;/q-1;. The molecular weight excluding hydrogens is 201 g/mol. The van der Waals surface area contributed by atoms with E-state index in [-0.39, 0.29) is 0 Å². The Kier molecular flexibility index (Phi) is 2.12. The van der Waals surface area contributed by atoms with Gasteiger partial charge in [-0.1, -0.05) is 0 Å². The molecule has 0 saturated carbocycles. The first kappa shape index (κ1) is 6.63. The van der Waals surface area contributed by atoms with Crippen LogP contribution in [-0.2, 0) is 17.9 Å². The quantitative estimate of drug-likeness (QED) is 0.485. The molecule has 0 amide bonds. The van der Waals surface area contributed by atoms with Gasteiger partial charge in [0.1, 0.15) is 0 Å². The molecule has 0 unspecified atom stereocenters. The monoisotopic (exact) mass is 207 g/mol. The van der Waals surface area contributed by atoms with Gasteiger partial charge < -0.3 is 0 Å². The number of rotatable bonds is 1. The molecule has 1 nitrogen and oxygen atoms in total. The van der Waals surface area contributed by atoms with Gasteiger partial charge in [-0.3, -0.25) is 0 Å². The fourth-order valence-electron chi connectivity index (χ4n) is 0.545. The summed E-state index contributed by atoms with van der Waals surface area (Å²) in [7, 11) is 0. The molecule has 0 aromatic carbocycles. The van der Waals surface area contributed by atoms with Gasteiger partial charge in [0, 0.05) is 0 Å². The molecule has 0 radical (unpaired) electrons. The fourth-order valence-corrected chi connectivity index (χ4v) is 0.947. The third-order valence-electron chi connectivity index (χ3n) is 0.980. The van der Waals surface area contributed by atoms with Crippen LogP contribution in [0.1, 0.15) is 0 Å². The summed E-state index contributed by atoms with van der Waals surface area (Å²) in [5.74, 6) is 0. The minimum atomic E-state index is 1.03. The molecule has 0 saturated heterocycles. The first-order valence-corrected chi connectivity index (χ1v) is 3.35. The van der Waals surface area contributed by atoms with Crippen molar-refractivity contribution < 1.29 is 17.9 Å². The van der Waals surface area contributed by atoms with Crippen molar-refractivity contribution in [1.82, 2.24) is 4.57 Å². The van der Waals surface area contributed by atoms with Gasteiger partial charge >= 0.3 is 63.5 Å². The Morgan fingerprint density at radius 1 is 1.56 bits per heavy atom. The van der Waals surface area contributed by atoms with E-state index >= 15 is 0 Å². The van der Waals surface area contributed by atoms with E-state index in [2.05, 4.69) is 17.9 Å². The predicted molar refractivity (Wildman–Crippen MR) is 32.7 cm³/mol. The summed E-state index contributed by atoms with van der Waals surface area (Å²) in [5.41, 5.74) is 0. The maximum atomic E-state index is 5.27. The van der Waals surface area contributed by atoms with Gasteiger partial charge in [0.2, 0.25) is 0 Å². The fraction of sp³-hybridized carbons (Fsp3) is 0. The molecule has 1 aromatic heterocycles. The minimum absolute atomic E-state index is 1.03. The second-order valence-electron chi connectivity index (χ2n) is 1.56. The summed E-state index contributed by atoms with van der Waals surface area (Å²) in [6.45, 7) is 5.27. The van der Waals surface area contributed by atoms with Crippen LogP contribution in [0.25, 0.3) is 6.20 Å². The average molecular weight is 207 g/mol. The summed E-state index contributed by atoms with van der Waals surface area (Å²) in [4.78, 5) is 0. The van der Waals surface area contributed by atoms with E-state index in [1.807, 2.05) is 29.0 Å². The van der Waals surface area contributed by atoms with E-state index in [4.69, 9.17) is 6.58 Å². The molecule has 2 heteroatoms.